The van der Waals surface area contributed by atoms with Crippen LogP contribution < -0.4 is 20.7 Å². The molecule has 1 aromatic carbocycles. The molecule has 8 nitrogen and oxygen atoms in total. The molecule has 1 aliphatic heterocycles. The minimum atomic E-state index is -0.439. The van der Waals surface area contributed by atoms with Gasteiger partial charge in [0.15, 0.2) is 12.4 Å². The molecule has 0 bridgehead atoms. The van der Waals surface area contributed by atoms with Gasteiger partial charge in [-0.3, -0.25) is 9.59 Å². The summed E-state index contributed by atoms with van der Waals surface area (Å²) in [7, 11) is 0. The average molecular weight is 359 g/mol. The number of hydrogen-bond donors (Lipinski definition) is 4. The van der Waals surface area contributed by atoms with Gasteiger partial charge in [-0.1, -0.05) is 6.07 Å². The smallest absolute Gasteiger partial charge is 0.291 e. The van der Waals surface area contributed by atoms with E-state index in [1.54, 1.807) is 36.4 Å². The molecule has 2 aromatic rings. The van der Waals surface area contributed by atoms with E-state index < -0.39 is 6.10 Å². The van der Waals surface area contributed by atoms with E-state index in [1.807, 2.05) is 0 Å². The molecule has 2 unspecified atom stereocenters. The number of β-amino-alcohol motifs (C(OH)–C–C–N with tert-alkyl or cyclic N) is 1. The summed E-state index contributed by atoms with van der Waals surface area (Å²) >= 11 is 0. The Morgan fingerprint density at radius 3 is 2.88 bits per heavy atom. The van der Waals surface area contributed by atoms with Gasteiger partial charge in [0.05, 0.1) is 12.4 Å². The lowest BCUT2D eigenvalue weighted by molar-refractivity contribution is -0.123. The molecule has 1 fully saturated rings. The largest absolute Gasteiger partial charge is 0.484 e. The molecule has 2 amide bonds. The lowest BCUT2D eigenvalue weighted by Gasteiger charge is -2.14. The van der Waals surface area contributed by atoms with Crippen LogP contribution in [0.15, 0.2) is 47.1 Å². The van der Waals surface area contributed by atoms with Crippen molar-refractivity contribution in [1.82, 2.24) is 10.6 Å². The van der Waals surface area contributed by atoms with Gasteiger partial charge in [0.2, 0.25) is 0 Å². The van der Waals surface area contributed by atoms with Crippen molar-refractivity contribution in [2.75, 3.05) is 31.6 Å². The minimum Gasteiger partial charge on any atom is -0.484 e. The van der Waals surface area contributed by atoms with E-state index in [0.29, 0.717) is 31.1 Å². The number of aliphatic hydroxyl groups excluding tert-OH is 1. The molecule has 2 atom stereocenters. The Balaban J connectivity index is 1.46. The first-order valence-electron chi connectivity index (χ1n) is 8.35. The summed E-state index contributed by atoms with van der Waals surface area (Å²) in [4.78, 5) is 23.8. The van der Waals surface area contributed by atoms with E-state index >= 15 is 0 Å². The lowest BCUT2D eigenvalue weighted by atomic mass is 10.1. The number of nitrogens with one attached hydrogen (secondary N) is 3. The highest BCUT2D eigenvalue weighted by atomic mass is 16.5. The van der Waals surface area contributed by atoms with E-state index in [4.69, 9.17) is 9.15 Å². The van der Waals surface area contributed by atoms with Crippen molar-refractivity contribution in [2.24, 2.45) is 5.92 Å². The third-order valence-corrected chi connectivity index (χ3v) is 4.07. The van der Waals surface area contributed by atoms with E-state index in [-0.39, 0.29) is 30.1 Å². The summed E-state index contributed by atoms with van der Waals surface area (Å²) in [5, 5.41) is 18.2. The predicted octanol–water partition coefficient (Wildman–Crippen LogP) is 0.607. The molecule has 3 rings (SSSR count). The first-order valence-corrected chi connectivity index (χ1v) is 8.35. The fourth-order valence-corrected chi connectivity index (χ4v) is 2.64. The number of benzene rings is 1. The first-order chi connectivity index (χ1) is 12.6. The normalized spacial score (nSPS) is 19.1. The van der Waals surface area contributed by atoms with Gasteiger partial charge in [-0.15, -0.1) is 0 Å². The standard InChI is InChI=1S/C18H21N3O5/c22-15-10-19-8-12(15)9-20-17(23)11-26-14-4-1-3-13(7-14)21-18(24)16-5-2-6-25-16/h1-7,12,15,19,22H,8-11H2,(H,20,23)(H,21,24). The molecule has 4 N–H and O–H groups in total. The van der Waals surface area contributed by atoms with Gasteiger partial charge in [0.25, 0.3) is 11.8 Å². The van der Waals surface area contributed by atoms with Crippen molar-refractivity contribution in [3.8, 4) is 5.75 Å². The highest BCUT2D eigenvalue weighted by Crippen LogP contribution is 2.18. The zero-order valence-electron chi connectivity index (χ0n) is 14.1. The third-order valence-electron chi connectivity index (χ3n) is 4.07. The van der Waals surface area contributed by atoms with Crippen LogP contribution in [0.2, 0.25) is 0 Å². The topological polar surface area (TPSA) is 113 Å². The Hall–Kier alpha value is -2.84. The average Bonchev–Trinajstić information content (AvgIpc) is 3.30. The second-order valence-electron chi connectivity index (χ2n) is 6.04. The number of amides is 2. The molecule has 0 radical (unpaired) electrons. The quantitative estimate of drug-likeness (QED) is 0.576. The second kappa shape index (κ2) is 8.50. The molecule has 1 aromatic heterocycles. The summed E-state index contributed by atoms with van der Waals surface area (Å²) in [6.07, 6.45) is 0.985. The van der Waals surface area contributed by atoms with Gasteiger partial charge in [0, 0.05) is 37.3 Å². The van der Waals surface area contributed by atoms with Gasteiger partial charge in [0.1, 0.15) is 5.75 Å². The zero-order valence-corrected chi connectivity index (χ0v) is 14.1. The van der Waals surface area contributed by atoms with Crippen LogP contribution in [0.25, 0.3) is 0 Å². The lowest BCUT2D eigenvalue weighted by Crippen LogP contribution is -2.36. The molecule has 0 spiro atoms. The molecule has 1 aliphatic rings. The van der Waals surface area contributed by atoms with E-state index in [2.05, 4.69) is 16.0 Å². The SMILES string of the molecule is O=C(COc1cccc(NC(=O)c2ccco2)c1)NCC1CNCC1O. The molecule has 8 heteroatoms. The Morgan fingerprint density at radius 2 is 2.15 bits per heavy atom. The predicted molar refractivity (Wildman–Crippen MR) is 94.0 cm³/mol. The van der Waals surface area contributed by atoms with Crippen LogP contribution in [0.1, 0.15) is 10.6 Å². The van der Waals surface area contributed by atoms with Crippen molar-refractivity contribution in [2.45, 2.75) is 6.10 Å². The number of furan rings is 1. The van der Waals surface area contributed by atoms with Gasteiger partial charge in [-0.2, -0.15) is 0 Å². The van der Waals surface area contributed by atoms with Crippen LogP contribution in [0, 0.1) is 5.92 Å². The summed E-state index contributed by atoms with van der Waals surface area (Å²) in [6.45, 7) is 1.48. The third kappa shape index (κ3) is 4.84. The monoisotopic (exact) mass is 359 g/mol. The van der Waals surface area contributed by atoms with Crippen molar-refractivity contribution in [3.05, 3.63) is 48.4 Å². The molecule has 2 heterocycles. The number of anilines is 1. The molecule has 0 saturated carbocycles. The minimum absolute atomic E-state index is 0.0130. The van der Waals surface area contributed by atoms with Crippen LogP contribution in [0.4, 0.5) is 5.69 Å². The maximum Gasteiger partial charge on any atom is 0.291 e. The van der Waals surface area contributed by atoms with Gasteiger partial charge in [-0.25, -0.2) is 0 Å². The highest BCUT2D eigenvalue weighted by Gasteiger charge is 2.24. The van der Waals surface area contributed by atoms with E-state index in [1.165, 1.54) is 6.26 Å². The summed E-state index contributed by atoms with van der Waals surface area (Å²) in [5.41, 5.74) is 0.532. The summed E-state index contributed by atoms with van der Waals surface area (Å²) in [6, 6.07) is 9.94. The number of aliphatic hydroxyl groups is 1. The fraction of sp³-hybridized carbons (Fsp3) is 0.333. The van der Waals surface area contributed by atoms with Crippen molar-refractivity contribution < 1.29 is 23.8 Å². The number of rotatable bonds is 7. The zero-order chi connectivity index (χ0) is 18.4. The fourth-order valence-electron chi connectivity index (χ4n) is 2.64. The Labute approximate surface area is 150 Å². The van der Waals surface area contributed by atoms with Gasteiger partial charge >= 0.3 is 0 Å². The molecule has 26 heavy (non-hydrogen) atoms. The van der Waals surface area contributed by atoms with Crippen molar-refractivity contribution in [3.63, 3.8) is 0 Å². The van der Waals surface area contributed by atoms with Gasteiger partial charge in [-0.05, 0) is 24.3 Å². The summed E-state index contributed by atoms with van der Waals surface area (Å²) < 4.78 is 10.5. The first kappa shape index (κ1) is 18.0. The number of hydrogen-bond acceptors (Lipinski definition) is 6. The van der Waals surface area contributed by atoms with Crippen LogP contribution in [-0.4, -0.2) is 49.3 Å². The molecule has 1 saturated heterocycles. The van der Waals surface area contributed by atoms with E-state index in [9.17, 15) is 14.7 Å². The Kier molecular flexibility index (Phi) is 5.88. The van der Waals surface area contributed by atoms with Crippen molar-refractivity contribution in [1.29, 1.82) is 0 Å². The number of carbonyl (C=O) groups excluding carboxylic acids is 2. The van der Waals surface area contributed by atoms with E-state index in [0.717, 1.165) is 0 Å². The van der Waals surface area contributed by atoms with Crippen LogP contribution in [0.5, 0.6) is 5.75 Å². The molecule has 138 valence electrons. The molecular weight excluding hydrogens is 338 g/mol. The maximum absolute atomic E-state index is 12.0. The molecular formula is C18H21N3O5. The Morgan fingerprint density at radius 1 is 1.27 bits per heavy atom. The van der Waals surface area contributed by atoms with Crippen molar-refractivity contribution >= 4 is 17.5 Å². The second-order valence-corrected chi connectivity index (χ2v) is 6.04. The van der Waals surface area contributed by atoms with Crippen LogP contribution in [-0.2, 0) is 4.79 Å². The van der Waals surface area contributed by atoms with Gasteiger partial charge < -0.3 is 30.2 Å². The molecule has 0 aliphatic carbocycles. The Bertz CT molecular complexity index is 747. The number of carbonyl (C=O) groups is 2. The highest BCUT2D eigenvalue weighted by molar-refractivity contribution is 6.02. The maximum atomic E-state index is 12.0. The summed E-state index contributed by atoms with van der Waals surface area (Å²) in [5.74, 6) is 0.0427. The number of ether oxygens (including phenoxy) is 1. The van der Waals surface area contributed by atoms with Crippen LogP contribution in [0.3, 0.4) is 0 Å². The van der Waals surface area contributed by atoms with Crippen LogP contribution >= 0.6 is 0 Å².